The molecule has 0 heterocycles. The molecular formula is C15H11F3I2N2O. The fourth-order valence-corrected chi connectivity index (χ4v) is 4.02. The van der Waals surface area contributed by atoms with E-state index in [0.717, 1.165) is 30.6 Å². The van der Waals surface area contributed by atoms with E-state index in [1.54, 1.807) is 13.3 Å². The Hall–Kier alpha value is -1.04. The molecule has 8 heteroatoms. The predicted molar refractivity (Wildman–Crippen MR) is 101 cm³/mol. The van der Waals surface area contributed by atoms with E-state index in [1.165, 1.54) is 12.1 Å². The van der Waals surface area contributed by atoms with Crippen LogP contribution in [0.4, 0.5) is 18.9 Å². The molecular weight excluding hydrogens is 535 g/mol. The number of halogens is 5. The molecule has 0 amide bonds. The highest BCUT2D eigenvalue weighted by molar-refractivity contribution is 14.1. The quantitative estimate of drug-likeness (QED) is 0.318. The van der Waals surface area contributed by atoms with Gasteiger partial charge >= 0.3 is 6.18 Å². The zero-order chi connectivity index (χ0) is 17.0. The Morgan fingerprint density at radius 2 is 1.65 bits per heavy atom. The molecule has 0 spiro atoms. The topological polar surface area (TPSA) is 33.6 Å². The van der Waals surface area contributed by atoms with Crippen molar-refractivity contribution in [3.63, 3.8) is 0 Å². The zero-order valence-electron chi connectivity index (χ0n) is 11.8. The third-order valence-corrected chi connectivity index (χ3v) is 4.45. The van der Waals surface area contributed by atoms with Crippen LogP contribution in [0.15, 0.2) is 41.5 Å². The Balaban J connectivity index is 2.07. The lowest BCUT2D eigenvalue weighted by Crippen LogP contribution is -2.04. The number of methoxy groups -OCH3 is 1. The molecule has 0 aliphatic carbocycles. The molecule has 0 radical (unpaired) electrons. The van der Waals surface area contributed by atoms with Gasteiger partial charge in [-0.05, 0) is 87.1 Å². The molecule has 0 unspecified atom stereocenters. The van der Waals surface area contributed by atoms with Crippen molar-refractivity contribution in [1.29, 1.82) is 0 Å². The summed E-state index contributed by atoms with van der Waals surface area (Å²) in [5, 5.41) is 4.04. The number of anilines is 1. The number of benzene rings is 2. The first kappa shape index (κ1) is 18.3. The summed E-state index contributed by atoms with van der Waals surface area (Å²) in [5.74, 6) is 0.805. The van der Waals surface area contributed by atoms with Gasteiger partial charge in [-0.15, -0.1) is 0 Å². The molecule has 2 rings (SSSR count). The second-order valence-corrected chi connectivity index (χ2v) is 6.79. The lowest BCUT2D eigenvalue weighted by atomic mass is 10.2. The van der Waals surface area contributed by atoms with E-state index in [-0.39, 0.29) is 0 Å². The molecule has 0 saturated heterocycles. The van der Waals surface area contributed by atoms with Crippen LogP contribution in [0.5, 0.6) is 5.75 Å². The van der Waals surface area contributed by atoms with Crippen molar-refractivity contribution in [2.75, 3.05) is 12.5 Å². The van der Waals surface area contributed by atoms with Gasteiger partial charge in [-0.25, -0.2) is 0 Å². The van der Waals surface area contributed by atoms with Gasteiger partial charge in [0.1, 0.15) is 5.75 Å². The molecule has 23 heavy (non-hydrogen) atoms. The number of hydrogen-bond acceptors (Lipinski definition) is 3. The summed E-state index contributed by atoms with van der Waals surface area (Å²) in [6.07, 6.45) is -2.74. The molecule has 3 nitrogen and oxygen atoms in total. The number of nitrogens with zero attached hydrogens (tertiary/aromatic N) is 1. The first-order valence-corrected chi connectivity index (χ1v) is 8.46. The van der Waals surface area contributed by atoms with Gasteiger partial charge in [0.2, 0.25) is 0 Å². The molecule has 2 aromatic rings. The number of hydrazone groups is 1. The predicted octanol–water partition coefficient (Wildman–Crippen LogP) is 5.37. The van der Waals surface area contributed by atoms with Crippen molar-refractivity contribution in [2.45, 2.75) is 6.18 Å². The molecule has 0 fully saturated rings. The first-order valence-electron chi connectivity index (χ1n) is 6.30. The number of nitrogens with one attached hydrogen (secondary N) is 1. The Bertz CT molecular complexity index is 693. The van der Waals surface area contributed by atoms with Crippen LogP contribution in [-0.4, -0.2) is 13.3 Å². The summed E-state index contributed by atoms with van der Waals surface area (Å²) in [6, 6.07) is 8.50. The van der Waals surface area contributed by atoms with Crippen LogP contribution in [0, 0.1) is 7.14 Å². The molecule has 0 atom stereocenters. The van der Waals surface area contributed by atoms with Crippen molar-refractivity contribution < 1.29 is 17.9 Å². The smallest absolute Gasteiger partial charge is 0.416 e. The molecule has 0 aromatic heterocycles. The highest BCUT2D eigenvalue weighted by atomic mass is 127. The number of alkyl halides is 3. The van der Waals surface area contributed by atoms with Crippen molar-refractivity contribution in [3.05, 3.63) is 54.7 Å². The minimum Gasteiger partial charge on any atom is -0.495 e. The highest BCUT2D eigenvalue weighted by Crippen LogP contribution is 2.30. The van der Waals surface area contributed by atoms with Crippen molar-refractivity contribution in [3.8, 4) is 5.75 Å². The van der Waals surface area contributed by atoms with E-state index >= 15 is 0 Å². The zero-order valence-corrected chi connectivity index (χ0v) is 16.1. The number of rotatable bonds is 4. The van der Waals surface area contributed by atoms with E-state index in [1.807, 2.05) is 12.1 Å². The Morgan fingerprint density at radius 3 is 2.13 bits per heavy atom. The summed E-state index contributed by atoms with van der Waals surface area (Å²) >= 11 is 4.34. The SMILES string of the molecule is COc1c(I)cc(/C=N/Nc2ccc(C(F)(F)F)cc2)cc1I. The second-order valence-electron chi connectivity index (χ2n) is 4.46. The van der Waals surface area contributed by atoms with E-state index in [2.05, 4.69) is 55.7 Å². The second kappa shape index (κ2) is 7.69. The average molecular weight is 546 g/mol. The third kappa shape index (κ3) is 4.96. The van der Waals surface area contributed by atoms with E-state index in [4.69, 9.17) is 4.74 Å². The fourth-order valence-electron chi connectivity index (χ4n) is 1.76. The average Bonchev–Trinajstić information content (AvgIpc) is 2.46. The van der Waals surface area contributed by atoms with Crippen LogP contribution in [0.3, 0.4) is 0 Å². The summed E-state index contributed by atoms with van der Waals surface area (Å²) in [4.78, 5) is 0. The van der Waals surface area contributed by atoms with Gasteiger partial charge in [0, 0.05) is 0 Å². The fraction of sp³-hybridized carbons (Fsp3) is 0.133. The largest absolute Gasteiger partial charge is 0.495 e. The van der Waals surface area contributed by atoms with Gasteiger partial charge in [0.25, 0.3) is 0 Å². The van der Waals surface area contributed by atoms with Crippen molar-refractivity contribution in [2.24, 2.45) is 5.10 Å². The van der Waals surface area contributed by atoms with Crippen LogP contribution in [0.25, 0.3) is 0 Å². The lowest BCUT2D eigenvalue weighted by molar-refractivity contribution is -0.137. The summed E-state index contributed by atoms with van der Waals surface area (Å²) in [5.41, 5.74) is 3.36. The van der Waals surface area contributed by atoms with Crippen LogP contribution in [0.1, 0.15) is 11.1 Å². The molecule has 0 saturated carbocycles. The van der Waals surface area contributed by atoms with Crippen LogP contribution in [0.2, 0.25) is 0 Å². The maximum Gasteiger partial charge on any atom is 0.416 e. The monoisotopic (exact) mass is 546 g/mol. The summed E-state index contributed by atoms with van der Waals surface area (Å²) in [6.45, 7) is 0. The van der Waals surface area contributed by atoms with Crippen LogP contribution < -0.4 is 10.2 Å². The van der Waals surface area contributed by atoms with Gasteiger partial charge in [0.05, 0.1) is 31.7 Å². The molecule has 0 aliphatic rings. The minimum absolute atomic E-state index is 0.479. The maximum absolute atomic E-state index is 12.5. The molecule has 2 aromatic carbocycles. The Labute approximate surface area is 158 Å². The van der Waals surface area contributed by atoms with Crippen molar-refractivity contribution in [1.82, 2.24) is 0 Å². The summed E-state index contributed by atoms with van der Waals surface area (Å²) < 4.78 is 44.6. The molecule has 0 aliphatic heterocycles. The van der Waals surface area contributed by atoms with Gasteiger partial charge in [-0.2, -0.15) is 18.3 Å². The molecule has 122 valence electrons. The number of ether oxygens (including phenoxy) is 1. The number of hydrogen-bond donors (Lipinski definition) is 1. The molecule has 1 N–H and O–H groups in total. The summed E-state index contributed by atoms with van der Waals surface area (Å²) in [7, 11) is 1.61. The first-order chi connectivity index (χ1) is 10.8. The van der Waals surface area contributed by atoms with Crippen molar-refractivity contribution >= 4 is 57.1 Å². The standard InChI is InChI=1S/C15H11F3I2N2O/c1-23-14-12(19)6-9(7-13(14)20)8-21-22-11-4-2-10(3-5-11)15(16,17)18/h2-8,22H,1H3/b21-8+. The van der Waals surface area contributed by atoms with Gasteiger partial charge < -0.3 is 4.74 Å². The Kier molecular flexibility index (Phi) is 6.12. The van der Waals surface area contributed by atoms with E-state index in [9.17, 15) is 13.2 Å². The lowest BCUT2D eigenvalue weighted by Gasteiger charge is -2.08. The van der Waals surface area contributed by atoms with E-state index in [0.29, 0.717) is 5.69 Å². The maximum atomic E-state index is 12.5. The van der Waals surface area contributed by atoms with Crippen LogP contribution in [-0.2, 0) is 6.18 Å². The third-order valence-electron chi connectivity index (χ3n) is 2.84. The Morgan fingerprint density at radius 1 is 1.09 bits per heavy atom. The van der Waals surface area contributed by atoms with Gasteiger partial charge in [0.15, 0.2) is 0 Å². The van der Waals surface area contributed by atoms with Crippen LogP contribution >= 0.6 is 45.2 Å². The molecule has 0 bridgehead atoms. The minimum atomic E-state index is -4.34. The van der Waals surface area contributed by atoms with Gasteiger partial charge in [-0.3, -0.25) is 5.43 Å². The normalized spacial score (nSPS) is 11.7. The van der Waals surface area contributed by atoms with Gasteiger partial charge in [-0.1, -0.05) is 0 Å². The van der Waals surface area contributed by atoms with E-state index < -0.39 is 11.7 Å². The highest BCUT2D eigenvalue weighted by Gasteiger charge is 2.29.